The fraction of sp³-hybridized carbons (Fsp3) is 0.375. The Morgan fingerprint density at radius 2 is 2.38 bits per heavy atom. The molecule has 0 radical (unpaired) electrons. The van der Waals surface area contributed by atoms with Gasteiger partial charge in [0.15, 0.2) is 0 Å². The number of carbonyl (C=O) groups is 1. The van der Waals surface area contributed by atoms with E-state index >= 15 is 0 Å². The molecular formula is C16H19N3OS. The summed E-state index contributed by atoms with van der Waals surface area (Å²) in [5, 5.41) is 5.43. The largest absolute Gasteiger partial charge is 0.333 e. The number of hydrogen-bond donors (Lipinski definition) is 1. The van der Waals surface area contributed by atoms with Gasteiger partial charge in [0.25, 0.3) is 0 Å². The molecule has 5 heteroatoms. The van der Waals surface area contributed by atoms with Crippen LogP contribution < -0.4 is 5.32 Å². The maximum absolute atomic E-state index is 12.6. The number of amides is 1. The van der Waals surface area contributed by atoms with Gasteiger partial charge in [0.2, 0.25) is 5.91 Å². The summed E-state index contributed by atoms with van der Waals surface area (Å²) < 4.78 is 0. The Morgan fingerprint density at radius 3 is 3.14 bits per heavy atom. The van der Waals surface area contributed by atoms with Gasteiger partial charge in [0.05, 0.1) is 6.04 Å². The lowest BCUT2D eigenvalue weighted by molar-refractivity contribution is -0.134. The van der Waals surface area contributed by atoms with E-state index in [-0.39, 0.29) is 11.9 Å². The normalized spacial score (nSPS) is 18.7. The second-order valence-electron chi connectivity index (χ2n) is 5.17. The molecule has 21 heavy (non-hydrogen) atoms. The van der Waals surface area contributed by atoms with Crippen molar-refractivity contribution in [2.45, 2.75) is 18.9 Å². The molecule has 3 heterocycles. The number of rotatable bonds is 4. The molecule has 1 aliphatic heterocycles. The molecule has 1 atom stereocenters. The van der Waals surface area contributed by atoms with E-state index < -0.39 is 0 Å². The van der Waals surface area contributed by atoms with Crippen LogP contribution in [-0.4, -0.2) is 35.4 Å². The Kier molecular flexibility index (Phi) is 4.62. The first-order chi connectivity index (χ1) is 10.3. The Morgan fingerprint density at radius 1 is 1.43 bits per heavy atom. The van der Waals surface area contributed by atoms with E-state index in [0.717, 1.165) is 31.6 Å². The second kappa shape index (κ2) is 6.83. The zero-order valence-electron chi connectivity index (χ0n) is 11.9. The van der Waals surface area contributed by atoms with Crippen LogP contribution in [0.15, 0.2) is 42.0 Å². The first kappa shape index (κ1) is 14.2. The molecule has 0 saturated carbocycles. The number of pyridine rings is 1. The highest BCUT2D eigenvalue weighted by molar-refractivity contribution is 7.09. The number of nitrogens with one attached hydrogen (secondary N) is 1. The van der Waals surface area contributed by atoms with E-state index in [1.165, 1.54) is 4.88 Å². The minimum atomic E-state index is 0.100. The van der Waals surface area contributed by atoms with Crippen LogP contribution in [0.3, 0.4) is 0 Å². The molecule has 2 aromatic rings. The summed E-state index contributed by atoms with van der Waals surface area (Å²) in [6, 6.07) is 8.20. The number of carbonyl (C=O) groups excluding carboxylic acids is 1. The standard InChI is InChI=1S/C16H19N3OS/c20-16(6-5-14-4-2-10-21-14)19-9-8-18-12-15(19)13-3-1-7-17-11-13/h1-4,7,10-11,15,18H,5-6,8-9,12H2. The number of aryl methyl sites for hydroxylation is 1. The van der Waals surface area contributed by atoms with Crippen molar-refractivity contribution in [3.05, 3.63) is 52.5 Å². The number of aromatic nitrogens is 1. The third-order valence-electron chi connectivity index (χ3n) is 3.80. The number of piperazine rings is 1. The van der Waals surface area contributed by atoms with Crippen molar-refractivity contribution in [3.63, 3.8) is 0 Å². The summed E-state index contributed by atoms with van der Waals surface area (Å²) in [4.78, 5) is 20.0. The van der Waals surface area contributed by atoms with Crippen LogP contribution >= 0.6 is 11.3 Å². The van der Waals surface area contributed by atoms with E-state index in [0.29, 0.717) is 6.42 Å². The summed E-state index contributed by atoms with van der Waals surface area (Å²) in [5.74, 6) is 0.235. The van der Waals surface area contributed by atoms with Gasteiger partial charge in [-0.3, -0.25) is 9.78 Å². The Bertz CT molecular complexity index is 570. The van der Waals surface area contributed by atoms with Crippen molar-refractivity contribution in [1.82, 2.24) is 15.2 Å². The lowest BCUT2D eigenvalue weighted by Crippen LogP contribution is -2.48. The van der Waals surface area contributed by atoms with Crippen LogP contribution in [0.2, 0.25) is 0 Å². The smallest absolute Gasteiger partial charge is 0.223 e. The number of hydrogen-bond acceptors (Lipinski definition) is 4. The van der Waals surface area contributed by atoms with Crippen molar-refractivity contribution in [1.29, 1.82) is 0 Å². The molecule has 1 unspecified atom stereocenters. The van der Waals surface area contributed by atoms with Crippen LogP contribution in [0.5, 0.6) is 0 Å². The maximum atomic E-state index is 12.6. The third-order valence-corrected chi connectivity index (χ3v) is 4.73. The van der Waals surface area contributed by atoms with Gasteiger partial charge in [-0.1, -0.05) is 12.1 Å². The molecule has 1 fully saturated rings. The molecule has 0 aliphatic carbocycles. The Hall–Kier alpha value is -1.72. The second-order valence-corrected chi connectivity index (χ2v) is 6.21. The topological polar surface area (TPSA) is 45.2 Å². The molecule has 1 N–H and O–H groups in total. The van der Waals surface area contributed by atoms with Gasteiger partial charge in [0.1, 0.15) is 0 Å². The first-order valence-electron chi connectivity index (χ1n) is 7.27. The SMILES string of the molecule is O=C(CCc1cccs1)N1CCNCC1c1cccnc1. The maximum Gasteiger partial charge on any atom is 0.223 e. The number of thiophene rings is 1. The molecule has 1 aliphatic rings. The lowest BCUT2D eigenvalue weighted by atomic mass is 10.0. The monoisotopic (exact) mass is 301 g/mol. The van der Waals surface area contributed by atoms with Crippen LogP contribution in [-0.2, 0) is 11.2 Å². The summed E-state index contributed by atoms with van der Waals surface area (Å²) in [6.07, 6.45) is 5.04. The van der Waals surface area contributed by atoms with Gasteiger partial charge in [-0.05, 0) is 29.5 Å². The quantitative estimate of drug-likeness (QED) is 0.942. The predicted octanol–water partition coefficient (Wildman–Crippen LogP) is 2.25. The minimum absolute atomic E-state index is 0.100. The molecule has 110 valence electrons. The molecular weight excluding hydrogens is 282 g/mol. The van der Waals surface area contributed by atoms with E-state index in [2.05, 4.69) is 21.7 Å². The van der Waals surface area contributed by atoms with Crippen molar-refractivity contribution in [2.24, 2.45) is 0 Å². The molecule has 0 aromatic carbocycles. The van der Waals surface area contributed by atoms with Crippen molar-refractivity contribution < 1.29 is 4.79 Å². The van der Waals surface area contributed by atoms with Crippen LogP contribution in [0.4, 0.5) is 0 Å². The molecule has 1 saturated heterocycles. The van der Waals surface area contributed by atoms with E-state index in [4.69, 9.17) is 0 Å². The van der Waals surface area contributed by atoms with Crippen LogP contribution in [0, 0.1) is 0 Å². The summed E-state index contributed by atoms with van der Waals surface area (Å²) >= 11 is 1.72. The van der Waals surface area contributed by atoms with Crippen molar-refractivity contribution in [2.75, 3.05) is 19.6 Å². The first-order valence-corrected chi connectivity index (χ1v) is 8.15. The fourth-order valence-electron chi connectivity index (χ4n) is 2.70. The molecule has 1 amide bonds. The number of nitrogens with zero attached hydrogens (tertiary/aromatic N) is 2. The van der Waals surface area contributed by atoms with Crippen LogP contribution in [0.1, 0.15) is 22.9 Å². The van der Waals surface area contributed by atoms with E-state index in [1.807, 2.05) is 29.3 Å². The minimum Gasteiger partial charge on any atom is -0.333 e. The lowest BCUT2D eigenvalue weighted by Gasteiger charge is -2.36. The van der Waals surface area contributed by atoms with Gasteiger partial charge >= 0.3 is 0 Å². The Labute approximate surface area is 128 Å². The molecule has 0 bridgehead atoms. The predicted molar refractivity (Wildman–Crippen MR) is 84.2 cm³/mol. The van der Waals surface area contributed by atoms with Gasteiger partial charge in [-0.15, -0.1) is 11.3 Å². The van der Waals surface area contributed by atoms with Gasteiger partial charge in [-0.2, -0.15) is 0 Å². The fourth-order valence-corrected chi connectivity index (χ4v) is 3.41. The average molecular weight is 301 g/mol. The van der Waals surface area contributed by atoms with Crippen LogP contribution in [0.25, 0.3) is 0 Å². The highest BCUT2D eigenvalue weighted by Crippen LogP contribution is 2.23. The van der Waals surface area contributed by atoms with E-state index in [1.54, 1.807) is 17.5 Å². The van der Waals surface area contributed by atoms with Gasteiger partial charge in [0, 0.05) is 43.3 Å². The van der Waals surface area contributed by atoms with E-state index in [9.17, 15) is 4.79 Å². The van der Waals surface area contributed by atoms with Gasteiger partial charge in [-0.25, -0.2) is 0 Å². The molecule has 3 rings (SSSR count). The third kappa shape index (κ3) is 3.49. The molecule has 0 spiro atoms. The molecule has 4 nitrogen and oxygen atoms in total. The van der Waals surface area contributed by atoms with Gasteiger partial charge < -0.3 is 10.2 Å². The molecule has 2 aromatic heterocycles. The highest BCUT2D eigenvalue weighted by atomic mass is 32.1. The average Bonchev–Trinajstić information content (AvgIpc) is 3.07. The highest BCUT2D eigenvalue weighted by Gasteiger charge is 2.27. The zero-order chi connectivity index (χ0) is 14.5. The summed E-state index contributed by atoms with van der Waals surface area (Å²) in [7, 11) is 0. The van der Waals surface area contributed by atoms with Crippen molar-refractivity contribution in [3.8, 4) is 0 Å². The summed E-state index contributed by atoms with van der Waals surface area (Å²) in [6.45, 7) is 2.43. The Balaban J connectivity index is 1.67. The zero-order valence-corrected chi connectivity index (χ0v) is 12.7. The summed E-state index contributed by atoms with van der Waals surface area (Å²) in [5.41, 5.74) is 1.11. The van der Waals surface area contributed by atoms with Crippen molar-refractivity contribution >= 4 is 17.2 Å².